The van der Waals surface area contributed by atoms with Crippen LogP contribution < -0.4 is 10.9 Å². The lowest BCUT2D eigenvalue weighted by Crippen LogP contribution is -2.31. The molecule has 1 amide bonds. The minimum Gasteiger partial charge on any atom is -0.350 e. The van der Waals surface area contributed by atoms with Crippen molar-refractivity contribution in [3.8, 4) is 0 Å². The molecule has 3 rings (SSSR count). The van der Waals surface area contributed by atoms with Gasteiger partial charge in [-0.25, -0.2) is 4.98 Å². The van der Waals surface area contributed by atoms with Gasteiger partial charge in [0.05, 0.1) is 22.7 Å². The summed E-state index contributed by atoms with van der Waals surface area (Å²) >= 11 is 2.93. The number of rotatable bonds is 6. The van der Waals surface area contributed by atoms with E-state index in [1.54, 1.807) is 22.0 Å². The number of nitrogens with one attached hydrogen (secondary N) is 1. The van der Waals surface area contributed by atoms with E-state index < -0.39 is 0 Å². The average molecular weight is 388 g/mol. The van der Waals surface area contributed by atoms with Crippen LogP contribution in [0.15, 0.2) is 51.7 Å². The number of para-hydroxylation sites is 1. The van der Waals surface area contributed by atoms with Crippen LogP contribution in [0, 0.1) is 0 Å². The highest BCUT2D eigenvalue weighted by atomic mass is 32.2. The number of carbonyl (C=O) groups is 1. The van der Waals surface area contributed by atoms with E-state index in [0.29, 0.717) is 22.6 Å². The van der Waals surface area contributed by atoms with Gasteiger partial charge in [0.2, 0.25) is 5.91 Å². The molecular formula is C19H21N3O2S2. The smallest absolute Gasteiger partial charge is 0.262 e. The molecule has 0 bridgehead atoms. The van der Waals surface area contributed by atoms with Crippen molar-refractivity contribution in [2.24, 2.45) is 0 Å². The molecule has 5 nitrogen and oxygen atoms in total. The fourth-order valence-electron chi connectivity index (χ4n) is 2.61. The van der Waals surface area contributed by atoms with Gasteiger partial charge >= 0.3 is 0 Å². The summed E-state index contributed by atoms with van der Waals surface area (Å²) in [5, 5.41) is 5.74. The molecule has 1 atom stereocenters. The summed E-state index contributed by atoms with van der Waals surface area (Å²) in [5.74, 6) is -0.0684. The third-order valence-electron chi connectivity index (χ3n) is 3.96. The van der Waals surface area contributed by atoms with E-state index in [2.05, 4.69) is 10.3 Å². The number of aromatic nitrogens is 2. The van der Waals surface area contributed by atoms with Gasteiger partial charge in [-0.05, 0) is 44.4 Å². The van der Waals surface area contributed by atoms with Gasteiger partial charge in [-0.1, -0.05) is 30.0 Å². The van der Waals surface area contributed by atoms with E-state index in [0.717, 1.165) is 4.88 Å². The number of fused-ring (bicyclic) bond motifs is 1. The summed E-state index contributed by atoms with van der Waals surface area (Å²) in [6, 6.07) is 11.2. The van der Waals surface area contributed by atoms with Gasteiger partial charge in [0.15, 0.2) is 5.16 Å². The average Bonchev–Trinajstić information content (AvgIpc) is 3.13. The Balaban J connectivity index is 1.83. The highest BCUT2D eigenvalue weighted by molar-refractivity contribution is 8.00. The van der Waals surface area contributed by atoms with Crippen molar-refractivity contribution in [3.63, 3.8) is 0 Å². The SMILES string of the molecule is CC(Sc1nc2ccccc2c(=O)n1C(C)C)C(=O)NCc1cccs1. The Labute approximate surface area is 160 Å². The Morgan fingerprint density at radius 3 is 2.69 bits per heavy atom. The Kier molecular flexibility index (Phi) is 5.78. The van der Waals surface area contributed by atoms with E-state index in [4.69, 9.17) is 0 Å². The van der Waals surface area contributed by atoms with Crippen LogP contribution in [0.3, 0.4) is 0 Å². The van der Waals surface area contributed by atoms with Crippen molar-refractivity contribution in [2.45, 2.75) is 43.8 Å². The van der Waals surface area contributed by atoms with Gasteiger partial charge in [-0.2, -0.15) is 0 Å². The number of nitrogens with zero attached hydrogens (tertiary/aromatic N) is 2. The summed E-state index contributed by atoms with van der Waals surface area (Å²) in [6.07, 6.45) is 0. The van der Waals surface area contributed by atoms with Crippen LogP contribution in [0.4, 0.5) is 0 Å². The Bertz CT molecular complexity index is 965. The van der Waals surface area contributed by atoms with E-state index >= 15 is 0 Å². The summed E-state index contributed by atoms with van der Waals surface area (Å²) in [5.41, 5.74) is 0.586. The van der Waals surface area contributed by atoms with E-state index in [1.807, 2.05) is 56.5 Å². The zero-order valence-corrected chi connectivity index (χ0v) is 16.6. The van der Waals surface area contributed by atoms with E-state index in [9.17, 15) is 9.59 Å². The lowest BCUT2D eigenvalue weighted by molar-refractivity contribution is -0.120. The molecule has 26 heavy (non-hydrogen) atoms. The molecule has 7 heteroatoms. The van der Waals surface area contributed by atoms with Crippen LogP contribution in [-0.2, 0) is 11.3 Å². The minimum absolute atomic E-state index is 0.0384. The van der Waals surface area contributed by atoms with Crippen molar-refractivity contribution in [1.29, 1.82) is 0 Å². The number of carbonyl (C=O) groups excluding carboxylic acids is 1. The van der Waals surface area contributed by atoms with Crippen LogP contribution in [-0.4, -0.2) is 20.7 Å². The molecule has 3 aromatic rings. The molecular weight excluding hydrogens is 366 g/mol. The van der Waals surface area contributed by atoms with Crippen molar-refractivity contribution >= 4 is 39.9 Å². The number of thiophene rings is 1. The monoisotopic (exact) mass is 387 g/mol. The van der Waals surface area contributed by atoms with Crippen LogP contribution in [0.2, 0.25) is 0 Å². The molecule has 0 aliphatic rings. The number of thioether (sulfide) groups is 1. The zero-order valence-electron chi connectivity index (χ0n) is 14.9. The molecule has 0 spiro atoms. The van der Waals surface area contributed by atoms with E-state index in [-0.39, 0.29) is 22.8 Å². The number of hydrogen-bond acceptors (Lipinski definition) is 5. The van der Waals surface area contributed by atoms with E-state index in [1.165, 1.54) is 11.8 Å². The molecule has 0 saturated heterocycles. The molecule has 2 heterocycles. The van der Waals surface area contributed by atoms with Crippen LogP contribution in [0.1, 0.15) is 31.7 Å². The predicted octanol–water partition coefficient (Wildman–Crippen LogP) is 3.84. The highest BCUT2D eigenvalue weighted by Crippen LogP contribution is 2.25. The summed E-state index contributed by atoms with van der Waals surface area (Å²) in [7, 11) is 0. The summed E-state index contributed by atoms with van der Waals surface area (Å²) < 4.78 is 1.66. The molecule has 0 fully saturated rings. The van der Waals surface area contributed by atoms with Crippen LogP contribution in [0.25, 0.3) is 10.9 Å². The first kappa shape index (κ1) is 18.7. The minimum atomic E-state index is -0.354. The molecule has 1 aromatic carbocycles. The highest BCUT2D eigenvalue weighted by Gasteiger charge is 2.20. The van der Waals surface area contributed by atoms with Gasteiger partial charge in [-0.15, -0.1) is 11.3 Å². The lowest BCUT2D eigenvalue weighted by Gasteiger charge is -2.18. The van der Waals surface area contributed by atoms with Gasteiger partial charge < -0.3 is 5.32 Å². The molecule has 1 unspecified atom stereocenters. The maximum absolute atomic E-state index is 12.8. The van der Waals surface area contributed by atoms with Gasteiger partial charge in [0.25, 0.3) is 5.56 Å². The fraction of sp³-hybridized carbons (Fsp3) is 0.316. The first-order valence-corrected chi connectivity index (χ1v) is 10.2. The summed E-state index contributed by atoms with van der Waals surface area (Å²) in [6.45, 7) is 6.25. The Morgan fingerprint density at radius 1 is 1.23 bits per heavy atom. The normalized spacial score (nSPS) is 12.5. The lowest BCUT2D eigenvalue weighted by atomic mass is 10.2. The zero-order chi connectivity index (χ0) is 18.7. The van der Waals surface area contributed by atoms with Gasteiger partial charge in [0, 0.05) is 10.9 Å². The van der Waals surface area contributed by atoms with Crippen LogP contribution >= 0.6 is 23.1 Å². The second kappa shape index (κ2) is 8.05. The topological polar surface area (TPSA) is 64.0 Å². The molecule has 0 aliphatic heterocycles. The first-order chi connectivity index (χ1) is 12.5. The molecule has 0 radical (unpaired) electrons. The second-order valence-corrected chi connectivity index (χ2v) is 8.58. The Morgan fingerprint density at radius 2 is 2.00 bits per heavy atom. The predicted molar refractivity (Wildman–Crippen MR) is 108 cm³/mol. The largest absolute Gasteiger partial charge is 0.350 e. The molecule has 0 aliphatic carbocycles. The number of hydrogen-bond donors (Lipinski definition) is 1. The molecule has 1 N–H and O–H groups in total. The number of benzene rings is 1. The third kappa shape index (κ3) is 3.99. The molecule has 2 aromatic heterocycles. The maximum atomic E-state index is 12.8. The standard InChI is InChI=1S/C19H21N3O2S2/c1-12(2)22-18(24)15-8-4-5-9-16(15)21-19(22)26-13(3)17(23)20-11-14-7-6-10-25-14/h4-10,12-13H,11H2,1-3H3,(H,20,23). The quantitative estimate of drug-likeness (QED) is 0.516. The van der Waals surface area contributed by atoms with Crippen LogP contribution in [0.5, 0.6) is 0 Å². The second-order valence-electron chi connectivity index (χ2n) is 6.24. The third-order valence-corrected chi connectivity index (χ3v) is 5.90. The van der Waals surface area contributed by atoms with Crippen molar-refractivity contribution in [1.82, 2.24) is 14.9 Å². The summed E-state index contributed by atoms with van der Waals surface area (Å²) in [4.78, 5) is 31.0. The molecule has 136 valence electrons. The van der Waals surface area contributed by atoms with Gasteiger partial charge in [-0.3, -0.25) is 14.2 Å². The number of amides is 1. The van der Waals surface area contributed by atoms with Crippen molar-refractivity contribution in [2.75, 3.05) is 0 Å². The first-order valence-electron chi connectivity index (χ1n) is 8.45. The fourth-order valence-corrected chi connectivity index (χ4v) is 4.32. The Hall–Kier alpha value is -2.12. The molecule has 0 saturated carbocycles. The van der Waals surface area contributed by atoms with Crippen molar-refractivity contribution < 1.29 is 4.79 Å². The van der Waals surface area contributed by atoms with Gasteiger partial charge in [0.1, 0.15) is 0 Å². The maximum Gasteiger partial charge on any atom is 0.262 e. The van der Waals surface area contributed by atoms with Crippen molar-refractivity contribution in [3.05, 3.63) is 57.0 Å².